The Balaban J connectivity index is 1.34. The van der Waals surface area contributed by atoms with Crippen LogP contribution in [0.5, 0.6) is 5.75 Å². The molecule has 0 aliphatic carbocycles. The topological polar surface area (TPSA) is 80.3 Å². The van der Waals surface area contributed by atoms with Gasteiger partial charge in [0.25, 0.3) is 5.91 Å². The molecular weight excluding hydrogens is 392 g/mol. The summed E-state index contributed by atoms with van der Waals surface area (Å²) in [5, 5.41) is 7.98. The number of carbonyl (C=O) groups is 1. The van der Waals surface area contributed by atoms with Crippen molar-refractivity contribution in [2.45, 2.75) is 12.5 Å². The van der Waals surface area contributed by atoms with Crippen LogP contribution >= 0.6 is 11.6 Å². The highest BCUT2D eigenvalue weighted by Gasteiger charge is 2.27. The number of benzene rings is 1. The number of para-hydroxylation sites is 1. The molecule has 1 saturated heterocycles. The van der Waals surface area contributed by atoms with Crippen LogP contribution in [0.1, 0.15) is 27.8 Å². The van der Waals surface area contributed by atoms with E-state index in [1.54, 1.807) is 35.5 Å². The summed E-state index contributed by atoms with van der Waals surface area (Å²) in [6, 6.07) is 12.9. The summed E-state index contributed by atoms with van der Waals surface area (Å²) in [4.78, 5) is 18.5. The molecule has 8 heteroatoms. The first-order valence-electron chi connectivity index (χ1n) is 9.43. The van der Waals surface area contributed by atoms with Crippen LogP contribution in [0, 0.1) is 0 Å². The van der Waals surface area contributed by atoms with Crippen LogP contribution in [-0.2, 0) is 11.2 Å². The first-order chi connectivity index (χ1) is 14.2. The molecule has 1 N–H and O–H groups in total. The Morgan fingerprint density at radius 2 is 2.21 bits per heavy atom. The molecule has 0 unspecified atom stereocenters. The van der Waals surface area contributed by atoms with Crippen molar-refractivity contribution in [1.29, 1.82) is 0 Å². The van der Waals surface area contributed by atoms with Crippen LogP contribution in [0.2, 0.25) is 5.02 Å². The molecule has 0 radical (unpaired) electrons. The van der Waals surface area contributed by atoms with Crippen LogP contribution < -0.4 is 4.74 Å². The van der Waals surface area contributed by atoms with Gasteiger partial charge in [-0.05, 0) is 30.3 Å². The van der Waals surface area contributed by atoms with Crippen LogP contribution in [0.15, 0.2) is 54.9 Å². The Bertz CT molecular complexity index is 963. The van der Waals surface area contributed by atoms with E-state index in [0.29, 0.717) is 49.1 Å². The molecule has 0 bridgehead atoms. The molecule has 1 aliphatic heterocycles. The third-order valence-electron chi connectivity index (χ3n) is 4.71. The molecule has 1 aliphatic rings. The third kappa shape index (κ3) is 4.75. The highest BCUT2D eigenvalue weighted by Crippen LogP contribution is 2.24. The lowest BCUT2D eigenvalue weighted by molar-refractivity contribution is -0.0247. The number of amides is 1. The summed E-state index contributed by atoms with van der Waals surface area (Å²) in [5.74, 6) is 0.615. The number of H-pyrrole nitrogens is 1. The summed E-state index contributed by atoms with van der Waals surface area (Å²) in [6.07, 6.45) is 3.63. The lowest BCUT2D eigenvalue weighted by Crippen LogP contribution is -2.42. The number of nitrogens with one attached hydrogen (secondary N) is 1. The Labute approximate surface area is 173 Å². The molecular formula is C21H21ClN4O3. The number of morpholine rings is 1. The van der Waals surface area contributed by atoms with Crippen LogP contribution in [-0.4, -0.2) is 52.3 Å². The number of nitrogens with zero attached hydrogens (tertiary/aromatic N) is 3. The van der Waals surface area contributed by atoms with Gasteiger partial charge in [0.05, 0.1) is 36.0 Å². The molecule has 4 rings (SSSR count). The highest BCUT2D eigenvalue weighted by molar-refractivity contribution is 6.32. The maximum Gasteiger partial charge on any atom is 0.255 e. The minimum absolute atomic E-state index is 0.0460. The van der Waals surface area contributed by atoms with Crippen molar-refractivity contribution in [3.63, 3.8) is 0 Å². The highest BCUT2D eigenvalue weighted by atomic mass is 35.5. The summed E-state index contributed by atoms with van der Waals surface area (Å²) >= 11 is 6.10. The molecule has 0 saturated carbocycles. The molecule has 3 aromatic rings. The number of halogens is 1. The van der Waals surface area contributed by atoms with E-state index in [0.717, 1.165) is 11.4 Å². The van der Waals surface area contributed by atoms with E-state index < -0.39 is 0 Å². The van der Waals surface area contributed by atoms with Gasteiger partial charge >= 0.3 is 0 Å². The molecule has 1 aromatic carbocycles. The van der Waals surface area contributed by atoms with Crippen molar-refractivity contribution in [2.75, 3.05) is 26.3 Å². The third-order valence-corrected chi connectivity index (χ3v) is 5.02. The monoisotopic (exact) mass is 412 g/mol. The van der Waals surface area contributed by atoms with Crippen molar-refractivity contribution in [3.05, 3.63) is 76.8 Å². The zero-order chi connectivity index (χ0) is 20.1. The van der Waals surface area contributed by atoms with E-state index in [1.165, 1.54) is 0 Å². The number of aromatic nitrogens is 3. The van der Waals surface area contributed by atoms with Gasteiger partial charge in [0.15, 0.2) is 0 Å². The van der Waals surface area contributed by atoms with Gasteiger partial charge < -0.3 is 14.4 Å². The average Bonchev–Trinajstić information content (AvgIpc) is 3.24. The Hall–Kier alpha value is -2.90. The SMILES string of the molecule is O=C(c1cccnc1)N1CCO[C@@H](c2cc(CCOc3ccccc3Cl)[nH]n2)C1. The number of aromatic amines is 1. The summed E-state index contributed by atoms with van der Waals surface area (Å²) in [5.41, 5.74) is 2.29. The van der Waals surface area contributed by atoms with E-state index in [4.69, 9.17) is 21.1 Å². The maximum absolute atomic E-state index is 12.7. The predicted molar refractivity (Wildman–Crippen MR) is 108 cm³/mol. The fourth-order valence-electron chi connectivity index (χ4n) is 3.19. The largest absolute Gasteiger partial charge is 0.492 e. The standard InChI is InChI=1S/C21H21ClN4O3/c22-17-5-1-2-6-19(17)28-10-7-16-12-18(25-24-16)20-14-26(9-11-29-20)21(27)15-4-3-8-23-13-15/h1-6,8,12-13,20H,7,9-11,14H2,(H,24,25)/t20-/m1/s1. The summed E-state index contributed by atoms with van der Waals surface area (Å²) < 4.78 is 11.6. The van der Waals surface area contributed by atoms with Crippen LogP contribution in [0.3, 0.4) is 0 Å². The van der Waals surface area contributed by atoms with Gasteiger partial charge in [-0.15, -0.1) is 0 Å². The van der Waals surface area contributed by atoms with Crippen LogP contribution in [0.25, 0.3) is 0 Å². The Morgan fingerprint density at radius 1 is 1.31 bits per heavy atom. The average molecular weight is 413 g/mol. The van der Waals surface area contributed by atoms with Crippen molar-refractivity contribution in [2.24, 2.45) is 0 Å². The molecule has 29 heavy (non-hydrogen) atoms. The molecule has 0 spiro atoms. The second-order valence-electron chi connectivity index (χ2n) is 6.70. The Morgan fingerprint density at radius 3 is 3.03 bits per heavy atom. The molecule has 1 amide bonds. The van der Waals surface area contributed by atoms with E-state index in [1.807, 2.05) is 24.3 Å². The molecule has 7 nitrogen and oxygen atoms in total. The second-order valence-corrected chi connectivity index (χ2v) is 7.11. The van der Waals surface area contributed by atoms with Crippen molar-refractivity contribution in [3.8, 4) is 5.75 Å². The smallest absolute Gasteiger partial charge is 0.255 e. The van der Waals surface area contributed by atoms with Gasteiger partial charge in [0, 0.05) is 31.1 Å². The van der Waals surface area contributed by atoms with Crippen molar-refractivity contribution in [1.82, 2.24) is 20.1 Å². The van der Waals surface area contributed by atoms with E-state index in [9.17, 15) is 4.79 Å². The predicted octanol–water partition coefficient (Wildman–Crippen LogP) is 3.29. The summed E-state index contributed by atoms with van der Waals surface area (Å²) in [7, 11) is 0. The second kappa shape index (κ2) is 9.07. The molecule has 150 valence electrons. The molecule has 3 heterocycles. The van der Waals surface area contributed by atoms with Gasteiger partial charge in [0.1, 0.15) is 11.9 Å². The number of pyridine rings is 1. The number of hydrogen-bond donors (Lipinski definition) is 1. The fraction of sp³-hybridized carbons (Fsp3) is 0.286. The molecule has 2 aromatic heterocycles. The zero-order valence-electron chi connectivity index (χ0n) is 15.8. The van der Waals surface area contributed by atoms with E-state index in [-0.39, 0.29) is 12.0 Å². The Kier molecular flexibility index (Phi) is 6.07. The van der Waals surface area contributed by atoms with Crippen LogP contribution in [0.4, 0.5) is 0 Å². The normalized spacial score (nSPS) is 16.6. The maximum atomic E-state index is 12.7. The minimum atomic E-state index is -0.265. The quantitative estimate of drug-likeness (QED) is 0.672. The zero-order valence-corrected chi connectivity index (χ0v) is 16.5. The first-order valence-corrected chi connectivity index (χ1v) is 9.81. The van der Waals surface area contributed by atoms with Gasteiger partial charge in [-0.1, -0.05) is 23.7 Å². The number of ether oxygens (including phenoxy) is 2. The summed E-state index contributed by atoms with van der Waals surface area (Å²) in [6.45, 7) is 1.94. The molecule has 1 atom stereocenters. The molecule has 1 fully saturated rings. The van der Waals surface area contributed by atoms with E-state index >= 15 is 0 Å². The van der Waals surface area contributed by atoms with E-state index in [2.05, 4.69) is 15.2 Å². The number of carbonyl (C=O) groups excluding carboxylic acids is 1. The fourth-order valence-corrected chi connectivity index (χ4v) is 3.38. The van der Waals surface area contributed by atoms with Gasteiger partial charge in [-0.25, -0.2) is 0 Å². The lowest BCUT2D eigenvalue weighted by Gasteiger charge is -2.32. The number of hydrogen-bond acceptors (Lipinski definition) is 5. The van der Waals surface area contributed by atoms with Gasteiger partial charge in [-0.2, -0.15) is 5.10 Å². The van der Waals surface area contributed by atoms with Gasteiger partial charge in [-0.3, -0.25) is 14.9 Å². The van der Waals surface area contributed by atoms with Crippen molar-refractivity contribution >= 4 is 17.5 Å². The first kappa shape index (κ1) is 19.4. The lowest BCUT2D eigenvalue weighted by atomic mass is 10.1. The minimum Gasteiger partial charge on any atom is -0.492 e. The van der Waals surface area contributed by atoms with Gasteiger partial charge in [0.2, 0.25) is 0 Å². The van der Waals surface area contributed by atoms with Crippen molar-refractivity contribution < 1.29 is 14.3 Å². The number of rotatable bonds is 6.